The van der Waals surface area contributed by atoms with Gasteiger partial charge >= 0.3 is 0 Å². The van der Waals surface area contributed by atoms with Crippen LogP contribution in [-0.2, 0) is 6.54 Å². The summed E-state index contributed by atoms with van der Waals surface area (Å²) >= 11 is 3.46. The van der Waals surface area contributed by atoms with E-state index in [0.29, 0.717) is 5.92 Å². The van der Waals surface area contributed by atoms with Crippen LogP contribution in [0.4, 0.5) is 11.8 Å². The first-order chi connectivity index (χ1) is 11.6. The van der Waals surface area contributed by atoms with Crippen molar-refractivity contribution >= 4 is 27.7 Å². The summed E-state index contributed by atoms with van der Waals surface area (Å²) in [7, 11) is 4.13. The third-order valence-electron chi connectivity index (χ3n) is 3.97. The fraction of sp³-hybridized carbons (Fsp3) is 0.444. The highest BCUT2D eigenvalue weighted by atomic mass is 79.9. The highest BCUT2D eigenvalue weighted by molar-refractivity contribution is 9.10. The van der Waals surface area contributed by atoms with E-state index in [1.54, 1.807) is 0 Å². The molecular weight excluding hydrogens is 366 g/mol. The fourth-order valence-electron chi connectivity index (χ4n) is 2.41. The van der Waals surface area contributed by atoms with Crippen molar-refractivity contribution < 1.29 is 0 Å². The van der Waals surface area contributed by atoms with Crippen molar-refractivity contribution in [1.82, 2.24) is 14.9 Å². The van der Waals surface area contributed by atoms with Crippen LogP contribution >= 0.6 is 15.9 Å². The number of nitrogens with one attached hydrogen (secondary N) is 2. The summed E-state index contributed by atoms with van der Waals surface area (Å²) in [4.78, 5) is 11.4. The van der Waals surface area contributed by atoms with E-state index in [4.69, 9.17) is 0 Å². The van der Waals surface area contributed by atoms with E-state index in [9.17, 15) is 0 Å². The van der Waals surface area contributed by atoms with Gasteiger partial charge in [-0.15, -0.1) is 0 Å². The van der Waals surface area contributed by atoms with Crippen LogP contribution in [0, 0.1) is 0 Å². The van der Waals surface area contributed by atoms with Crippen LogP contribution in [0.25, 0.3) is 0 Å². The number of hydrogen-bond acceptors (Lipinski definition) is 5. The Hall–Kier alpha value is -1.66. The average Bonchev–Trinajstić information content (AvgIpc) is 3.39. The first-order valence-corrected chi connectivity index (χ1v) is 9.15. The Morgan fingerprint density at radius 3 is 2.54 bits per heavy atom. The van der Waals surface area contributed by atoms with E-state index < -0.39 is 0 Å². The smallest absolute Gasteiger partial charge is 0.224 e. The zero-order valence-corrected chi connectivity index (χ0v) is 15.8. The van der Waals surface area contributed by atoms with Crippen molar-refractivity contribution in [2.45, 2.75) is 25.3 Å². The first kappa shape index (κ1) is 17.2. The number of likely N-dealkylation sites (N-methyl/N-ethyl adjacent to an activating group) is 1. The lowest BCUT2D eigenvalue weighted by atomic mass is 10.2. The molecule has 1 fully saturated rings. The second-order valence-corrected chi connectivity index (χ2v) is 7.40. The third kappa shape index (κ3) is 5.18. The summed E-state index contributed by atoms with van der Waals surface area (Å²) < 4.78 is 1.09. The maximum Gasteiger partial charge on any atom is 0.224 e. The lowest BCUT2D eigenvalue weighted by Crippen LogP contribution is -2.21. The molecule has 1 aliphatic carbocycles. The molecule has 0 radical (unpaired) electrons. The topological polar surface area (TPSA) is 53.1 Å². The number of aromatic nitrogens is 2. The Morgan fingerprint density at radius 1 is 1.12 bits per heavy atom. The zero-order valence-electron chi connectivity index (χ0n) is 14.2. The Bertz CT molecular complexity index is 668. The summed E-state index contributed by atoms with van der Waals surface area (Å²) in [5, 5.41) is 6.76. The number of hydrogen-bond donors (Lipinski definition) is 2. The fourth-order valence-corrected chi connectivity index (χ4v) is 2.67. The minimum atomic E-state index is 0.607. The van der Waals surface area contributed by atoms with Crippen molar-refractivity contribution in [2.24, 2.45) is 0 Å². The van der Waals surface area contributed by atoms with Gasteiger partial charge in [-0.25, -0.2) is 4.98 Å². The SMILES string of the molecule is CN(C)CCNc1nc(NCc2ccc(Br)cc2)cc(C2CC2)n1. The van der Waals surface area contributed by atoms with Crippen LogP contribution in [0.3, 0.4) is 0 Å². The van der Waals surface area contributed by atoms with Gasteiger partial charge in [-0.05, 0) is 44.6 Å². The van der Waals surface area contributed by atoms with E-state index in [1.165, 1.54) is 18.4 Å². The molecule has 0 aliphatic heterocycles. The number of rotatable bonds is 8. The molecule has 2 aromatic rings. The first-order valence-electron chi connectivity index (χ1n) is 8.36. The van der Waals surface area contributed by atoms with Crippen molar-refractivity contribution in [3.05, 3.63) is 46.1 Å². The maximum atomic E-state index is 4.67. The van der Waals surface area contributed by atoms with Crippen LogP contribution in [0.2, 0.25) is 0 Å². The molecular formula is C18H24BrN5. The van der Waals surface area contributed by atoms with Crippen LogP contribution in [0.1, 0.15) is 30.0 Å². The van der Waals surface area contributed by atoms with Gasteiger partial charge in [-0.3, -0.25) is 0 Å². The molecule has 3 rings (SSSR count). The van der Waals surface area contributed by atoms with Crippen LogP contribution < -0.4 is 10.6 Å². The summed E-state index contributed by atoms with van der Waals surface area (Å²) in [5.41, 5.74) is 2.38. The second-order valence-electron chi connectivity index (χ2n) is 6.49. The van der Waals surface area contributed by atoms with E-state index in [2.05, 4.69) is 85.9 Å². The number of nitrogens with zero attached hydrogens (tertiary/aromatic N) is 3. The number of anilines is 2. The van der Waals surface area contributed by atoms with Gasteiger partial charge in [-0.1, -0.05) is 28.1 Å². The summed E-state index contributed by atoms with van der Waals surface area (Å²) in [6, 6.07) is 10.4. The molecule has 6 heteroatoms. The normalized spacial score (nSPS) is 14.0. The minimum Gasteiger partial charge on any atom is -0.366 e. The van der Waals surface area contributed by atoms with Crippen LogP contribution in [0.5, 0.6) is 0 Å². The number of halogens is 1. The molecule has 128 valence electrons. The van der Waals surface area contributed by atoms with Crippen molar-refractivity contribution in [3.63, 3.8) is 0 Å². The van der Waals surface area contributed by atoms with Crippen molar-refractivity contribution in [1.29, 1.82) is 0 Å². The predicted molar refractivity (Wildman–Crippen MR) is 103 cm³/mol. The second kappa shape index (κ2) is 7.94. The van der Waals surface area contributed by atoms with E-state index in [0.717, 1.165) is 41.6 Å². The van der Waals surface area contributed by atoms with Crippen LogP contribution in [0.15, 0.2) is 34.8 Å². The number of benzene rings is 1. The monoisotopic (exact) mass is 389 g/mol. The molecule has 1 aromatic carbocycles. The summed E-state index contributed by atoms with van der Waals surface area (Å²) in [6.45, 7) is 2.55. The minimum absolute atomic E-state index is 0.607. The Morgan fingerprint density at radius 2 is 1.88 bits per heavy atom. The van der Waals surface area contributed by atoms with Gasteiger partial charge in [0.05, 0.1) is 5.69 Å². The molecule has 0 spiro atoms. The van der Waals surface area contributed by atoms with Gasteiger partial charge < -0.3 is 15.5 Å². The molecule has 1 saturated carbocycles. The highest BCUT2D eigenvalue weighted by Crippen LogP contribution is 2.39. The summed E-state index contributed by atoms with van der Waals surface area (Å²) in [5.74, 6) is 2.22. The predicted octanol–water partition coefficient (Wildman–Crippen LogP) is 3.70. The lowest BCUT2D eigenvalue weighted by molar-refractivity contribution is 0.425. The quantitative estimate of drug-likeness (QED) is 0.720. The van der Waals surface area contributed by atoms with E-state index in [1.807, 2.05) is 0 Å². The molecule has 0 atom stereocenters. The van der Waals surface area contributed by atoms with Gasteiger partial charge in [0.15, 0.2) is 0 Å². The molecule has 1 aromatic heterocycles. The molecule has 0 amide bonds. The maximum absolute atomic E-state index is 4.67. The largest absolute Gasteiger partial charge is 0.366 e. The van der Waals surface area contributed by atoms with E-state index in [-0.39, 0.29) is 0 Å². The third-order valence-corrected chi connectivity index (χ3v) is 4.50. The Balaban J connectivity index is 1.66. The standard InChI is InChI=1S/C18H24BrN5/c1-24(2)10-9-20-18-22-16(14-5-6-14)11-17(23-18)21-12-13-3-7-15(19)8-4-13/h3-4,7-8,11,14H,5-6,9-10,12H2,1-2H3,(H2,20,21,22,23). The van der Waals surface area contributed by atoms with Crippen LogP contribution in [-0.4, -0.2) is 42.1 Å². The van der Waals surface area contributed by atoms with E-state index >= 15 is 0 Å². The molecule has 0 saturated heterocycles. The zero-order chi connectivity index (χ0) is 16.9. The molecule has 2 N–H and O–H groups in total. The molecule has 1 heterocycles. The molecule has 0 bridgehead atoms. The molecule has 5 nitrogen and oxygen atoms in total. The van der Waals surface area contributed by atoms with Crippen molar-refractivity contribution in [3.8, 4) is 0 Å². The van der Waals surface area contributed by atoms with Gasteiger partial charge in [0.2, 0.25) is 5.95 Å². The Labute approximate surface area is 152 Å². The van der Waals surface area contributed by atoms with Gasteiger partial charge in [0.1, 0.15) is 5.82 Å². The van der Waals surface area contributed by atoms with Gasteiger partial charge in [0, 0.05) is 36.1 Å². The Kier molecular flexibility index (Phi) is 5.68. The lowest BCUT2D eigenvalue weighted by Gasteiger charge is -2.13. The summed E-state index contributed by atoms with van der Waals surface area (Å²) in [6.07, 6.45) is 2.47. The van der Waals surface area contributed by atoms with Crippen molar-refractivity contribution in [2.75, 3.05) is 37.8 Å². The highest BCUT2D eigenvalue weighted by Gasteiger charge is 2.26. The molecule has 0 unspecified atom stereocenters. The van der Waals surface area contributed by atoms with Gasteiger partial charge in [0.25, 0.3) is 0 Å². The van der Waals surface area contributed by atoms with Gasteiger partial charge in [-0.2, -0.15) is 4.98 Å². The molecule has 1 aliphatic rings. The molecule has 24 heavy (non-hydrogen) atoms. The average molecular weight is 390 g/mol.